The van der Waals surface area contributed by atoms with E-state index in [0.717, 1.165) is 9.79 Å². The van der Waals surface area contributed by atoms with E-state index in [1.54, 1.807) is 18.2 Å². The smallest absolute Gasteiger partial charge is 0.280 e. The van der Waals surface area contributed by atoms with Gasteiger partial charge in [0.1, 0.15) is 0 Å². The standard InChI is InChI=1S/C10H9N3O2S2/c11-10(12)13-9(15)5-1-2-6-7(3-5)16-4-8(14)17-6/h1-3H,4H2,(H4,11,12,13,15). The van der Waals surface area contributed by atoms with Crippen LogP contribution in [0.1, 0.15) is 10.4 Å². The summed E-state index contributed by atoms with van der Waals surface area (Å²) in [7, 11) is 0. The van der Waals surface area contributed by atoms with Gasteiger partial charge in [0, 0.05) is 15.4 Å². The molecule has 1 heterocycles. The maximum absolute atomic E-state index is 11.6. The second kappa shape index (κ2) is 4.80. The first kappa shape index (κ1) is 12.0. The van der Waals surface area contributed by atoms with Crippen molar-refractivity contribution in [1.29, 1.82) is 0 Å². The van der Waals surface area contributed by atoms with E-state index in [4.69, 9.17) is 11.5 Å². The first-order chi connectivity index (χ1) is 8.06. The monoisotopic (exact) mass is 267 g/mol. The van der Waals surface area contributed by atoms with Gasteiger partial charge in [0.05, 0.1) is 5.75 Å². The van der Waals surface area contributed by atoms with Gasteiger partial charge in [-0.05, 0) is 30.0 Å². The maximum atomic E-state index is 11.6. The van der Waals surface area contributed by atoms with Gasteiger partial charge in [-0.2, -0.15) is 4.99 Å². The number of nitrogens with two attached hydrogens (primary N) is 2. The third-order valence-electron chi connectivity index (χ3n) is 1.99. The quantitative estimate of drug-likeness (QED) is 0.577. The summed E-state index contributed by atoms with van der Waals surface area (Å²) in [4.78, 5) is 28.0. The van der Waals surface area contributed by atoms with E-state index >= 15 is 0 Å². The lowest BCUT2D eigenvalue weighted by molar-refractivity contribution is -0.108. The molecule has 0 fully saturated rings. The number of guanidine groups is 1. The Morgan fingerprint density at radius 3 is 2.76 bits per heavy atom. The van der Waals surface area contributed by atoms with Crippen LogP contribution < -0.4 is 11.5 Å². The normalized spacial score (nSPS) is 14.0. The van der Waals surface area contributed by atoms with Crippen LogP contribution in [0.2, 0.25) is 0 Å². The predicted octanol–water partition coefficient (Wildman–Crippen LogP) is 0.825. The molecule has 5 nitrogen and oxygen atoms in total. The minimum absolute atomic E-state index is 0.116. The summed E-state index contributed by atoms with van der Waals surface area (Å²) in [6.07, 6.45) is 0. The molecule has 0 spiro atoms. The van der Waals surface area contributed by atoms with Crippen molar-refractivity contribution in [1.82, 2.24) is 0 Å². The third-order valence-corrected chi connectivity index (χ3v) is 4.31. The number of hydrogen-bond acceptors (Lipinski definition) is 4. The Hall–Kier alpha value is -1.47. The average molecular weight is 267 g/mol. The number of carbonyl (C=O) groups excluding carboxylic acids is 2. The molecule has 0 aromatic heterocycles. The summed E-state index contributed by atoms with van der Waals surface area (Å²) >= 11 is 2.60. The maximum Gasteiger partial charge on any atom is 0.280 e. The van der Waals surface area contributed by atoms with Crippen molar-refractivity contribution in [2.45, 2.75) is 9.79 Å². The lowest BCUT2D eigenvalue weighted by Gasteiger charge is -2.13. The molecule has 1 amide bonds. The summed E-state index contributed by atoms with van der Waals surface area (Å²) in [6.45, 7) is 0. The highest BCUT2D eigenvalue weighted by molar-refractivity contribution is 8.17. The van der Waals surface area contributed by atoms with Crippen LogP contribution in [-0.2, 0) is 4.79 Å². The fourth-order valence-electron chi connectivity index (χ4n) is 1.31. The minimum Gasteiger partial charge on any atom is -0.370 e. The SMILES string of the molecule is NC(N)=NC(=O)c1ccc2c(c1)SCC(=O)S2. The van der Waals surface area contributed by atoms with Crippen LogP contribution in [0.15, 0.2) is 33.0 Å². The topological polar surface area (TPSA) is 98.5 Å². The Balaban J connectivity index is 2.31. The van der Waals surface area contributed by atoms with Crippen LogP contribution in [0.3, 0.4) is 0 Å². The van der Waals surface area contributed by atoms with Crippen molar-refractivity contribution in [3.8, 4) is 0 Å². The van der Waals surface area contributed by atoms with E-state index < -0.39 is 5.91 Å². The second-order valence-corrected chi connectivity index (χ2v) is 5.38. The second-order valence-electron chi connectivity index (χ2n) is 3.27. The Morgan fingerprint density at radius 2 is 2.06 bits per heavy atom. The zero-order valence-electron chi connectivity index (χ0n) is 8.67. The molecule has 0 unspecified atom stereocenters. The number of carbonyl (C=O) groups is 2. The summed E-state index contributed by atoms with van der Waals surface area (Å²) in [5.74, 6) is -0.322. The van der Waals surface area contributed by atoms with Gasteiger partial charge in [0.15, 0.2) is 5.96 Å². The fourth-order valence-corrected chi connectivity index (χ4v) is 3.26. The van der Waals surface area contributed by atoms with Gasteiger partial charge in [-0.3, -0.25) is 9.59 Å². The molecular weight excluding hydrogens is 258 g/mol. The molecule has 17 heavy (non-hydrogen) atoms. The minimum atomic E-state index is -0.477. The Labute approximate surface area is 106 Å². The van der Waals surface area contributed by atoms with Crippen molar-refractivity contribution in [3.63, 3.8) is 0 Å². The average Bonchev–Trinajstić information content (AvgIpc) is 2.27. The zero-order chi connectivity index (χ0) is 12.4. The Morgan fingerprint density at radius 1 is 1.29 bits per heavy atom. The lowest BCUT2D eigenvalue weighted by Crippen LogP contribution is -2.24. The van der Waals surface area contributed by atoms with Crippen molar-refractivity contribution in [2.24, 2.45) is 16.5 Å². The molecule has 1 aromatic rings. The first-order valence-electron chi connectivity index (χ1n) is 4.68. The van der Waals surface area contributed by atoms with E-state index in [0.29, 0.717) is 11.3 Å². The van der Waals surface area contributed by atoms with Gasteiger partial charge >= 0.3 is 0 Å². The number of amides is 1. The molecule has 7 heteroatoms. The van der Waals surface area contributed by atoms with E-state index in [-0.39, 0.29) is 11.1 Å². The van der Waals surface area contributed by atoms with E-state index in [1.807, 2.05) is 0 Å². The number of nitrogens with zero attached hydrogens (tertiary/aromatic N) is 1. The molecule has 1 aliphatic rings. The highest BCUT2D eigenvalue weighted by Crippen LogP contribution is 2.37. The van der Waals surface area contributed by atoms with Crippen molar-refractivity contribution < 1.29 is 9.59 Å². The van der Waals surface area contributed by atoms with E-state index in [1.165, 1.54) is 23.5 Å². The largest absolute Gasteiger partial charge is 0.370 e. The molecule has 1 aromatic carbocycles. The number of rotatable bonds is 1. The van der Waals surface area contributed by atoms with Gasteiger partial charge < -0.3 is 11.5 Å². The highest BCUT2D eigenvalue weighted by atomic mass is 32.2. The molecule has 0 bridgehead atoms. The van der Waals surface area contributed by atoms with Crippen LogP contribution in [0.5, 0.6) is 0 Å². The molecule has 0 atom stereocenters. The van der Waals surface area contributed by atoms with Gasteiger partial charge in [-0.1, -0.05) is 0 Å². The van der Waals surface area contributed by atoms with Gasteiger partial charge in [0.2, 0.25) is 5.12 Å². The molecular formula is C10H9N3O2S2. The van der Waals surface area contributed by atoms with Gasteiger partial charge in [-0.25, -0.2) is 0 Å². The van der Waals surface area contributed by atoms with E-state index in [2.05, 4.69) is 4.99 Å². The first-order valence-corrected chi connectivity index (χ1v) is 6.48. The molecule has 0 saturated carbocycles. The van der Waals surface area contributed by atoms with E-state index in [9.17, 15) is 9.59 Å². The number of aliphatic imine (C=N–C) groups is 1. The fraction of sp³-hybridized carbons (Fsp3) is 0.100. The molecule has 0 radical (unpaired) electrons. The molecule has 0 aliphatic carbocycles. The van der Waals surface area contributed by atoms with Gasteiger partial charge in [0.25, 0.3) is 5.91 Å². The number of hydrogen-bond donors (Lipinski definition) is 2. The summed E-state index contributed by atoms with van der Waals surface area (Å²) in [5, 5.41) is 0.116. The summed E-state index contributed by atoms with van der Waals surface area (Å²) < 4.78 is 0. The van der Waals surface area contributed by atoms with Crippen LogP contribution in [0, 0.1) is 0 Å². The van der Waals surface area contributed by atoms with Crippen LogP contribution >= 0.6 is 23.5 Å². The zero-order valence-corrected chi connectivity index (χ0v) is 10.3. The summed E-state index contributed by atoms with van der Waals surface area (Å²) in [6, 6.07) is 5.05. The van der Waals surface area contributed by atoms with Crippen molar-refractivity contribution in [3.05, 3.63) is 23.8 Å². The molecule has 0 saturated heterocycles. The molecule has 1 aliphatic heterocycles. The third kappa shape index (κ3) is 2.80. The van der Waals surface area contributed by atoms with Gasteiger partial charge in [-0.15, -0.1) is 11.8 Å². The molecule has 2 rings (SSSR count). The molecule has 88 valence electrons. The molecule has 4 N–H and O–H groups in total. The number of fused-ring (bicyclic) bond motifs is 1. The van der Waals surface area contributed by atoms with Crippen molar-refractivity contribution >= 4 is 40.5 Å². The Kier molecular flexibility index (Phi) is 3.39. The summed E-state index contributed by atoms with van der Waals surface area (Å²) in [5.41, 5.74) is 10.7. The predicted molar refractivity (Wildman–Crippen MR) is 68.2 cm³/mol. The highest BCUT2D eigenvalue weighted by Gasteiger charge is 2.18. The van der Waals surface area contributed by atoms with Crippen molar-refractivity contribution in [2.75, 3.05) is 5.75 Å². The van der Waals surface area contributed by atoms with Crippen LogP contribution in [0.25, 0.3) is 0 Å². The number of benzene rings is 1. The Bertz CT molecular complexity index is 524. The van der Waals surface area contributed by atoms with Crippen LogP contribution in [-0.4, -0.2) is 22.7 Å². The lowest BCUT2D eigenvalue weighted by atomic mass is 10.2. The number of thioether (sulfide) groups is 2. The van der Waals surface area contributed by atoms with Crippen LogP contribution in [0.4, 0.5) is 0 Å².